The molecule has 1 unspecified atom stereocenters. The maximum atomic E-state index is 5.25. The molecule has 0 fully saturated rings. The van der Waals surface area contributed by atoms with E-state index in [0.717, 1.165) is 19.6 Å². The Labute approximate surface area is 109 Å². The zero-order chi connectivity index (χ0) is 12.8. The number of fused-ring (bicyclic) bond motifs is 1. The number of rotatable bonds is 7. The van der Waals surface area contributed by atoms with Gasteiger partial charge in [0.05, 0.1) is 6.61 Å². The van der Waals surface area contributed by atoms with E-state index >= 15 is 0 Å². The third-order valence-corrected chi connectivity index (χ3v) is 3.26. The van der Waals surface area contributed by atoms with Gasteiger partial charge < -0.3 is 15.0 Å². The van der Waals surface area contributed by atoms with Crippen molar-refractivity contribution in [2.24, 2.45) is 0 Å². The van der Waals surface area contributed by atoms with Crippen molar-refractivity contribution in [3.8, 4) is 0 Å². The van der Waals surface area contributed by atoms with Crippen molar-refractivity contribution in [2.45, 2.75) is 32.4 Å². The number of nitrogens with one attached hydrogen (secondary N) is 2. The highest BCUT2D eigenvalue weighted by Gasteiger charge is 2.08. The van der Waals surface area contributed by atoms with Gasteiger partial charge >= 0.3 is 0 Å². The average Bonchev–Trinajstić information content (AvgIpc) is 2.85. The van der Waals surface area contributed by atoms with E-state index in [1.807, 2.05) is 6.20 Å². The third kappa shape index (κ3) is 3.12. The third-order valence-electron chi connectivity index (χ3n) is 3.26. The van der Waals surface area contributed by atoms with Crippen molar-refractivity contribution in [3.63, 3.8) is 0 Å². The van der Waals surface area contributed by atoms with Crippen molar-refractivity contribution in [1.29, 1.82) is 0 Å². The fraction of sp³-hybridized carbons (Fsp3) is 0.467. The molecular weight excluding hydrogens is 224 g/mol. The van der Waals surface area contributed by atoms with Crippen LogP contribution in [-0.2, 0) is 11.3 Å². The van der Waals surface area contributed by atoms with Crippen LogP contribution in [0.4, 0.5) is 0 Å². The molecular formula is C15H22N2O. The summed E-state index contributed by atoms with van der Waals surface area (Å²) >= 11 is 0. The molecule has 0 saturated carbocycles. The Kier molecular flexibility index (Phi) is 4.79. The second kappa shape index (κ2) is 6.57. The highest BCUT2D eigenvalue weighted by molar-refractivity contribution is 5.82. The summed E-state index contributed by atoms with van der Waals surface area (Å²) in [6.07, 6.45) is 4.31. The summed E-state index contributed by atoms with van der Waals surface area (Å²) < 4.78 is 5.25. The van der Waals surface area contributed by atoms with Gasteiger partial charge in [-0.25, -0.2) is 0 Å². The number of para-hydroxylation sites is 1. The van der Waals surface area contributed by atoms with Crippen LogP contribution in [-0.4, -0.2) is 24.7 Å². The van der Waals surface area contributed by atoms with Gasteiger partial charge in [0, 0.05) is 31.4 Å². The molecule has 0 spiro atoms. The van der Waals surface area contributed by atoms with E-state index in [1.165, 1.54) is 22.9 Å². The van der Waals surface area contributed by atoms with Gasteiger partial charge in [0.1, 0.15) is 0 Å². The van der Waals surface area contributed by atoms with Gasteiger partial charge in [-0.3, -0.25) is 0 Å². The molecule has 98 valence electrons. The number of ether oxygens (including phenoxy) is 1. The van der Waals surface area contributed by atoms with E-state index < -0.39 is 0 Å². The van der Waals surface area contributed by atoms with Gasteiger partial charge in [-0.2, -0.15) is 0 Å². The summed E-state index contributed by atoms with van der Waals surface area (Å²) in [5.41, 5.74) is 2.55. The number of H-pyrrole nitrogens is 1. The SMILES string of the molecule is CCCC(COC)NCc1cccc2cc[nH]c12. The Bertz CT molecular complexity index is 472. The number of aromatic nitrogens is 1. The molecule has 3 heteroatoms. The zero-order valence-electron chi connectivity index (χ0n) is 11.2. The maximum Gasteiger partial charge on any atom is 0.0615 e. The first kappa shape index (κ1) is 13.1. The highest BCUT2D eigenvalue weighted by atomic mass is 16.5. The zero-order valence-corrected chi connectivity index (χ0v) is 11.2. The van der Waals surface area contributed by atoms with Crippen LogP contribution in [0.1, 0.15) is 25.3 Å². The van der Waals surface area contributed by atoms with Crippen LogP contribution < -0.4 is 5.32 Å². The first-order valence-electron chi connectivity index (χ1n) is 6.62. The van der Waals surface area contributed by atoms with Gasteiger partial charge in [0.15, 0.2) is 0 Å². The molecule has 1 aromatic carbocycles. The molecule has 0 aliphatic heterocycles. The minimum atomic E-state index is 0.435. The van der Waals surface area contributed by atoms with Gasteiger partial charge in [0.25, 0.3) is 0 Å². The summed E-state index contributed by atoms with van der Waals surface area (Å²) in [6.45, 7) is 3.86. The fourth-order valence-electron chi connectivity index (χ4n) is 2.35. The van der Waals surface area contributed by atoms with Crippen molar-refractivity contribution in [1.82, 2.24) is 10.3 Å². The van der Waals surface area contributed by atoms with E-state index in [4.69, 9.17) is 4.74 Å². The summed E-state index contributed by atoms with van der Waals surface area (Å²) in [4.78, 5) is 3.30. The normalized spacial score (nSPS) is 13.0. The van der Waals surface area contributed by atoms with Crippen molar-refractivity contribution < 1.29 is 4.74 Å². The minimum absolute atomic E-state index is 0.435. The van der Waals surface area contributed by atoms with Crippen LogP contribution in [0.15, 0.2) is 30.5 Å². The van der Waals surface area contributed by atoms with E-state index in [9.17, 15) is 0 Å². The lowest BCUT2D eigenvalue weighted by Crippen LogP contribution is -2.32. The molecule has 2 rings (SSSR count). The molecule has 0 aliphatic carbocycles. The Hall–Kier alpha value is -1.32. The number of hydrogen-bond donors (Lipinski definition) is 2. The fourth-order valence-corrected chi connectivity index (χ4v) is 2.35. The minimum Gasteiger partial charge on any atom is -0.383 e. The Balaban J connectivity index is 2.02. The van der Waals surface area contributed by atoms with Crippen molar-refractivity contribution >= 4 is 10.9 Å². The molecule has 1 atom stereocenters. The monoisotopic (exact) mass is 246 g/mol. The first-order chi connectivity index (χ1) is 8.85. The number of methoxy groups -OCH3 is 1. The van der Waals surface area contributed by atoms with E-state index in [1.54, 1.807) is 7.11 Å². The van der Waals surface area contributed by atoms with Crippen LogP contribution in [0, 0.1) is 0 Å². The van der Waals surface area contributed by atoms with Crippen molar-refractivity contribution in [3.05, 3.63) is 36.0 Å². The Morgan fingerprint density at radius 3 is 3.00 bits per heavy atom. The van der Waals surface area contributed by atoms with Gasteiger partial charge in [-0.05, 0) is 23.4 Å². The van der Waals surface area contributed by atoms with E-state index in [-0.39, 0.29) is 0 Å². The van der Waals surface area contributed by atoms with Gasteiger partial charge in [0.2, 0.25) is 0 Å². The topological polar surface area (TPSA) is 37.0 Å². The van der Waals surface area contributed by atoms with Crippen LogP contribution in [0.25, 0.3) is 10.9 Å². The predicted molar refractivity (Wildman–Crippen MR) is 75.7 cm³/mol. The van der Waals surface area contributed by atoms with Crippen LogP contribution in [0.5, 0.6) is 0 Å². The molecule has 0 aliphatic rings. The van der Waals surface area contributed by atoms with E-state index in [2.05, 4.69) is 41.5 Å². The molecule has 1 heterocycles. The van der Waals surface area contributed by atoms with Crippen LogP contribution in [0.3, 0.4) is 0 Å². The van der Waals surface area contributed by atoms with Crippen LogP contribution in [0.2, 0.25) is 0 Å². The highest BCUT2D eigenvalue weighted by Crippen LogP contribution is 2.16. The molecule has 3 nitrogen and oxygen atoms in total. The molecule has 0 saturated heterocycles. The second-order valence-electron chi connectivity index (χ2n) is 4.68. The van der Waals surface area contributed by atoms with E-state index in [0.29, 0.717) is 6.04 Å². The summed E-state index contributed by atoms with van der Waals surface area (Å²) in [6, 6.07) is 8.95. The summed E-state index contributed by atoms with van der Waals surface area (Å²) in [7, 11) is 1.76. The summed E-state index contributed by atoms with van der Waals surface area (Å²) in [5, 5.41) is 4.85. The lowest BCUT2D eigenvalue weighted by molar-refractivity contribution is 0.161. The number of hydrogen-bond acceptors (Lipinski definition) is 2. The Morgan fingerprint density at radius 1 is 1.33 bits per heavy atom. The lowest BCUT2D eigenvalue weighted by atomic mass is 10.1. The standard InChI is InChI=1S/C15H22N2O/c1-3-5-14(11-18-2)17-10-13-7-4-6-12-8-9-16-15(12)13/h4,6-9,14,16-17H,3,5,10-11H2,1-2H3. The second-order valence-corrected chi connectivity index (χ2v) is 4.68. The maximum absolute atomic E-state index is 5.25. The molecule has 2 N–H and O–H groups in total. The number of aromatic amines is 1. The number of benzene rings is 1. The Morgan fingerprint density at radius 2 is 2.22 bits per heavy atom. The molecule has 2 aromatic rings. The first-order valence-corrected chi connectivity index (χ1v) is 6.62. The molecule has 1 aromatic heterocycles. The van der Waals surface area contributed by atoms with Gasteiger partial charge in [-0.1, -0.05) is 31.5 Å². The largest absolute Gasteiger partial charge is 0.383 e. The molecule has 0 bridgehead atoms. The average molecular weight is 246 g/mol. The predicted octanol–water partition coefficient (Wildman–Crippen LogP) is 3.07. The van der Waals surface area contributed by atoms with Crippen molar-refractivity contribution in [2.75, 3.05) is 13.7 Å². The molecule has 0 amide bonds. The van der Waals surface area contributed by atoms with Gasteiger partial charge in [-0.15, -0.1) is 0 Å². The van der Waals surface area contributed by atoms with Crippen LogP contribution >= 0.6 is 0 Å². The smallest absolute Gasteiger partial charge is 0.0615 e. The molecule has 0 radical (unpaired) electrons. The quantitative estimate of drug-likeness (QED) is 0.787. The molecule has 18 heavy (non-hydrogen) atoms. The lowest BCUT2D eigenvalue weighted by Gasteiger charge is -2.17. The summed E-state index contributed by atoms with van der Waals surface area (Å²) in [5.74, 6) is 0.